The number of methoxy groups -OCH3 is 2. The van der Waals surface area contributed by atoms with Crippen LogP contribution in [0.15, 0.2) is 18.2 Å². The lowest BCUT2D eigenvalue weighted by atomic mass is 9.96. The van der Waals surface area contributed by atoms with Gasteiger partial charge in [0.25, 0.3) is 0 Å². The molecule has 0 aliphatic rings. The van der Waals surface area contributed by atoms with Crippen molar-refractivity contribution in [3.8, 4) is 11.5 Å². The van der Waals surface area contributed by atoms with E-state index in [1.807, 2.05) is 6.07 Å². The van der Waals surface area contributed by atoms with Gasteiger partial charge in [0.05, 0.1) is 14.2 Å². The predicted molar refractivity (Wildman–Crippen MR) is 75.6 cm³/mol. The average Bonchev–Trinajstić information content (AvgIpc) is 2.37. The van der Waals surface area contributed by atoms with E-state index in [9.17, 15) is 0 Å². The summed E-state index contributed by atoms with van der Waals surface area (Å²) >= 11 is 0. The minimum Gasteiger partial charge on any atom is -0.493 e. The third-order valence-corrected chi connectivity index (χ3v) is 3.17. The van der Waals surface area contributed by atoms with Crippen molar-refractivity contribution in [1.82, 2.24) is 5.32 Å². The molecule has 3 nitrogen and oxygen atoms in total. The Morgan fingerprint density at radius 1 is 1.11 bits per heavy atom. The summed E-state index contributed by atoms with van der Waals surface area (Å²) in [6, 6.07) is 6.63. The van der Waals surface area contributed by atoms with Gasteiger partial charge < -0.3 is 14.8 Å². The van der Waals surface area contributed by atoms with Gasteiger partial charge in [0.2, 0.25) is 0 Å². The zero-order chi connectivity index (χ0) is 13.5. The van der Waals surface area contributed by atoms with Crippen molar-refractivity contribution >= 4 is 0 Å². The van der Waals surface area contributed by atoms with Crippen LogP contribution in [0.1, 0.15) is 26.3 Å². The van der Waals surface area contributed by atoms with Gasteiger partial charge in [-0.1, -0.05) is 26.8 Å². The molecule has 102 valence electrons. The van der Waals surface area contributed by atoms with Crippen LogP contribution in [-0.2, 0) is 6.42 Å². The van der Waals surface area contributed by atoms with Crippen molar-refractivity contribution in [2.45, 2.75) is 33.2 Å². The molecule has 0 heterocycles. The van der Waals surface area contributed by atoms with Crippen molar-refractivity contribution in [2.75, 3.05) is 20.8 Å². The highest BCUT2D eigenvalue weighted by molar-refractivity contribution is 5.43. The summed E-state index contributed by atoms with van der Waals surface area (Å²) in [5.41, 5.74) is 1.27. The van der Waals surface area contributed by atoms with Crippen molar-refractivity contribution in [3.63, 3.8) is 0 Å². The van der Waals surface area contributed by atoms with Crippen LogP contribution in [0.25, 0.3) is 0 Å². The van der Waals surface area contributed by atoms with Gasteiger partial charge in [0.15, 0.2) is 11.5 Å². The average molecular weight is 251 g/mol. The maximum absolute atomic E-state index is 5.33. The molecule has 1 unspecified atom stereocenters. The molecule has 0 aromatic heterocycles. The van der Waals surface area contributed by atoms with Crippen LogP contribution < -0.4 is 14.8 Å². The Bertz CT molecular complexity index is 364. The molecular formula is C15H25NO2. The van der Waals surface area contributed by atoms with E-state index in [1.54, 1.807) is 14.2 Å². The zero-order valence-corrected chi connectivity index (χ0v) is 12.1. The van der Waals surface area contributed by atoms with Crippen LogP contribution in [0.3, 0.4) is 0 Å². The molecule has 1 rings (SSSR count). The van der Waals surface area contributed by atoms with Gasteiger partial charge >= 0.3 is 0 Å². The van der Waals surface area contributed by atoms with Gasteiger partial charge in [-0.05, 0) is 36.6 Å². The SMILES string of the molecule is CCNC(Cc1ccc(OC)c(OC)c1)C(C)C. The molecule has 0 spiro atoms. The van der Waals surface area contributed by atoms with Crippen LogP contribution in [0.5, 0.6) is 11.5 Å². The molecule has 0 saturated carbocycles. The highest BCUT2D eigenvalue weighted by atomic mass is 16.5. The standard InChI is InChI=1S/C15H25NO2/c1-6-16-13(11(2)3)9-12-7-8-14(17-4)15(10-12)18-5/h7-8,10-11,13,16H,6,9H2,1-5H3. The van der Waals surface area contributed by atoms with Crippen molar-refractivity contribution in [2.24, 2.45) is 5.92 Å². The molecule has 18 heavy (non-hydrogen) atoms. The number of ether oxygens (including phenoxy) is 2. The maximum atomic E-state index is 5.33. The summed E-state index contributed by atoms with van der Waals surface area (Å²) in [5, 5.41) is 3.52. The second-order valence-corrected chi connectivity index (χ2v) is 4.80. The highest BCUT2D eigenvalue weighted by Gasteiger charge is 2.14. The van der Waals surface area contributed by atoms with E-state index in [4.69, 9.17) is 9.47 Å². The number of benzene rings is 1. The highest BCUT2D eigenvalue weighted by Crippen LogP contribution is 2.28. The predicted octanol–water partition coefficient (Wildman–Crippen LogP) is 2.88. The number of likely N-dealkylation sites (N-methyl/N-ethyl adjacent to an activating group) is 1. The van der Waals surface area contributed by atoms with Crippen molar-refractivity contribution in [1.29, 1.82) is 0 Å². The molecular weight excluding hydrogens is 226 g/mol. The summed E-state index contributed by atoms with van der Waals surface area (Å²) in [7, 11) is 3.33. The lowest BCUT2D eigenvalue weighted by molar-refractivity contribution is 0.353. The lowest BCUT2D eigenvalue weighted by Crippen LogP contribution is -2.35. The van der Waals surface area contributed by atoms with E-state index in [-0.39, 0.29) is 0 Å². The van der Waals surface area contributed by atoms with Crippen LogP contribution in [0, 0.1) is 5.92 Å². The fourth-order valence-electron chi connectivity index (χ4n) is 2.07. The monoisotopic (exact) mass is 251 g/mol. The molecule has 0 aliphatic carbocycles. The number of hydrogen-bond acceptors (Lipinski definition) is 3. The Morgan fingerprint density at radius 2 is 1.78 bits per heavy atom. The molecule has 0 aliphatic heterocycles. The first-order valence-corrected chi connectivity index (χ1v) is 6.56. The smallest absolute Gasteiger partial charge is 0.160 e. The molecule has 0 fully saturated rings. The second-order valence-electron chi connectivity index (χ2n) is 4.80. The van der Waals surface area contributed by atoms with Crippen LogP contribution in [0.4, 0.5) is 0 Å². The molecule has 0 saturated heterocycles. The Hall–Kier alpha value is -1.22. The summed E-state index contributed by atoms with van der Waals surface area (Å²) in [6.45, 7) is 7.63. The van der Waals surface area contributed by atoms with Gasteiger partial charge in [-0.15, -0.1) is 0 Å². The molecule has 1 atom stereocenters. The van der Waals surface area contributed by atoms with E-state index in [1.165, 1.54) is 5.56 Å². The summed E-state index contributed by atoms with van der Waals surface area (Å²) in [6.07, 6.45) is 1.01. The summed E-state index contributed by atoms with van der Waals surface area (Å²) in [5.74, 6) is 2.19. The first-order chi connectivity index (χ1) is 8.62. The van der Waals surface area contributed by atoms with Crippen molar-refractivity contribution in [3.05, 3.63) is 23.8 Å². The van der Waals surface area contributed by atoms with Crippen LogP contribution in [-0.4, -0.2) is 26.8 Å². The van der Waals surface area contributed by atoms with E-state index in [2.05, 4.69) is 38.2 Å². The van der Waals surface area contributed by atoms with Crippen LogP contribution >= 0.6 is 0 Å². The Balaban J connectivity index is 2.83. The molecule has 1 aromatic carbocycles. The largest absolute Gasteiger partial charge is 0.493 e. The Morgan fingerprint density at radius 3 is 2.28 bits per heavy atom. The van der Waals surface area contributed by atoms with Crippen LogP contribution in [0.2, 0.25) is 0 Å². The maximum Gasteiger partial charge on any atom is 0.160 e. The van der Waals surface area contributed by atoms with Gasteiger partial charge in [-0.2, -0.15) is 0 Å². The fourth-order valence-corrected chi connectivity index (χ4v) is 2.07. The van der Waals surface area contributed by atoms with Gasteiger partial charge in [0, 0.05) is 6.04 Å². The minimum absolute atomic E-state index is 0.494. The van der Waals surface area contributed by atoms with Crippen molar-refractivity contribution < 1.29 is 9.47 Å². The molecule has 3 heteroatoms. The molecule has 1 aromatic rings. The molecule has 0 radical (unpaired) electrons. The normalized spacial score (nSPS) is 12.6. The van der Waals surface area contributed by atoms with Gasteiger partial charge in [0.1, 0.15) is 0 Å². The van der Waals surface area contributed by atoms with E-state index < -0.39 is 0 Å². The van der Waals surface area contributed by atoms with Gasteiger partial charge in [-0.25, -0.2) is 0 Å². The topological polar surface area (TPSA) is 30.5 Å². The third-order valence-electron chi connectivity index (χ3n) is 3.17. The Kier molecular flexibility index (Phi) is 5.99. The molecule has 0 bridgehead atoms. The Labute approximate surface area is 110 Å². The first-order valence-electron chi connectivity index (χ1n) is 6.56. The summed E-state index contributed by atoms with van der Waals surface area (Å²) in [4.78, 5) is 0. The third kappa shape index (κ3) is 3.91. The number of rotatable bonds is 7. The van der Waals surface area contributed by atoms with E-state index >= 15 is 0 Å². The zero-order valence-electron chi connectivity index (χ0n) is 12.1. The van der Waals surface area contributed by atoms with Gasteiger partial charge in [-0.3, -0.25) is 0 Å². The molecule has 1 N–H and O–H groups in total. The fraction of sp³-hybridized carbons (Fsp3) is 0.600. The second kappa shape index (κ2) is 7.27. The summed E-state index contributed by atoms with van der Waals surface area (Å²) < 4.78 is 10.6. The first kappa shape index (κ1) is 14.8. The van der Waals surface area contributed by atoms with E-state index in [0.29, 0.717) is 12.0 Å². The molecule has 0 amide bonds. The minimum atomic E-state index is 0.494. The lowest BCUT2D eigenvalue weighted by Gasteiger charge is -2.22. The number of hydrogen-bond donors (Lipinski definition) is 1. The van der Waals surface area contributed by atoms with E-state index in [0.717, 1.165) is 24.5 Å². The number of nitrogens with one attached hydrogen (secondary N) is 1. The quantitative estimate of drug-likeness (QED) is 0.808.